The van der Waals surface area contributed by atoms with Crippen molar-refractivity contribution >= 4 is 23.3 Å². The molecule has 2 aliphatic heterocycles. The number of carbonyl (C=O) groups is 2. The molecular formula is C32H39FN6O3. The highest BCUT2D eigenvalue weighted by molar-refractivity contribution is 6.12. The molecule has 0 spiro atoms. The normalized spacial score (nSPS) is 21.7. The van der Waals surface area contributed by atoms with Gasteiger partial charge < -0.3 is 15.0 Å². The fourth-order valence-corrected chi connectivity index (χ4v) is 6.17. The number of pyridine rings is 1. The maximum Gasteiger partial charge on any atom is 0.278 e. The van der Waals surface area contributed by atoms with Crippen molar-refractivity contribution in [1.29, 1.82) is 5.26 Å². The number of aromatic nitrogens is 1. The first-order chi connectivity index (χ1) is 20.3. The number of likely N-dealkylation sites (tertiary alicyclic amines) is 1. The average Bonchev–Trinajstić information content (AvgIpc) is 3.34. The van der Waals surface area contributed by atoms with Gasteiger partial charge in [-0.05, 0) is 83.7 Å². The van der Waals surface area contributed by atoms with E-state index in [2.05, 4.69) is 25.1 Å². The summed E-state index contributed by atoms with van der Waals surface area (Å²) >= 11 is 0. The van der Waals surface area contributed by atoms with Crippen LogP contribution >= 0.6 is 0 Å². The summed E-state index contributed by atoms with van der Waals surface area (Å²) < 4.78 is 20.3. The third kappa shape index (κ3) is 6.96. The molecule has 3 heterocycles. The van der Waals surface area contributed by atoms with E-state index in [0.717, 1.165) is 62.6 Å². The van der Waals surface area contributed by atoms with Crippen LogP contribution in [0, 0.1) is 23.1 Å². The van der Waals surface area contributed by atoms with E-state index in [0.29, 0.717) is 24.7 Å². The number of carbonyl (C=O) groups excluding carboxylic acids is 2. The van der Waals surface area contributed by atoms with Crippen molar-refractivity contribution in [1.82, 2.24) is 15.2 Å². The Labute approximate surface area is 246 Å². The van der Waals surface area contributed by atoms with E-state index in [1.54, 1.807) is 12.3 Å². The van der Waals surface area contributed by atoms with Crippen LogP contribution in [0.15, 0.2) is 35.5 Å². The Balaban J connectivity index is 1.36. The Kier molecular flexibility index (Phi) is 9.48. The largest absolute Gasteiger partial charge is 0.476 e. The van der Waals surface area contributed by atoms with Gasteiger partial charge in [0.05, 0.1) is 11.3 Å². The van der Waals surface area contributed by atoms with Gasteiger partial charge in [-0.2, -0.15) is 10.3 Å². The molecular weight excluding hydrogens is 535 g/mol. The summed E-state index contributed by atoms with van der Waals surface area (Å²) in [6.45, 7) is 7.53. The summed E-state index contributed by atoms with van der Waals surface area (Å²) in [6.07, 6.45) is 8.94. The number of anilines is 1. The van der Waals surface area contributed by atoms with Gasteiger partial charge in [-0.3, -0.25) is 14.5 Å². The molecule has 0 radical (unpaired) electrons. The van der Waals surface area contributed by atoms with Crippen LogP contribution in [0.3, 0.4) is 0 Å². The second-order valence-corrected chi connectivity index (χ2v) is 11.8. The van der Waals surface area contributed by atoms with Crippen molar-refractivity contribution < 1.29 is 18.7 Å². The number of rotatable bonds is 8. The Hall–Kier alpha value is -3.84. The zero-order valence-corrected chi connectivity index (χ0v) is 24.4. The third-order valence-corrected chi connectivity index (χ3v) is 8.36. The molecule has 1 N–H and O–H groups in total. The number of hydrogen-bond donors (Lipinski definition) is 1. The lowest BCUT2D eigenvalue weighted by Crippen LogP contribution is -2.44. The van der Waals surface area contributed by atoms with E-state index in [4.69, 9.17) is 10.00 Å². The van der Waals surface area contributed by atoms with Crippen molar-refractivity contribution in [3.63, 3.8) is 0 Å². The summed E-state index contributed by atoms with van der Waals surface area (Å²) in [5, 5.41) is 12.1. The Morgan fingerprint density at radius 3 is 2.62 bits per heavy atom. The maximum atomic E-state index is 14.3. The van der Waals surface area contributed by atoms with Crippen LogP contribution in [0.25, 0.3) is 0 Å². The Morgan fingerprint density at radius 2 is 1.93 bits per heavy atom. The standard InChI is InChI=1S/C32H39FN6O3/c1-21(2)36-31(40)22-8-10-26(11-9-22)39-28-18-30(42-15-14-38-12-4-3-5-13-38)35-20-25(28)17-29(39)37-32(41)23-6-7-24(19-34)27(33)16-23/h6-7,16,18,20-22,26H,3-5,8-15,17H2,1-2H3,(H,36,40). The minimum Gasteiger partial charge on any atom is -0.476 e. The van der Waals surface area contributed by atoms with E-state index in [1.807, 2.05) is 19.9 Å². The molecule has 0 bridgehead atoms. The molecule has 0 unspecified atom stereocenters. The van der Waals surface area contributed by atoms with E-state index < -0.39 is 11.7 Å². The lowest BCUT2D eigenvalue weighted by atomic mass is 9.84. The predicted molar refractivity (Wildman–Crippen MR) is 158 cm³/mol. The van der Waals surface area contributed by atoms with E-state index in [1.165, 1.54) is 31.4 Å². The topological polar surface area (TPSA) is 111 Å². The van der Waals surface area contributed by atoms with Crippen LogP contribution in [-0.2, 0) is 11.2 Å². The molecule has 0 atom stereocenters. The van der Waals surface area contributed by atoms with E-state index in [9.17, 15) is 14.0 Å². The third-order valence-electron chi connectivity index (χ3n) is 8.36. The first-order valence-electron chi connectivity index (χ1n) is 15.1. The maximum absolute atomic E-state index is 14.3. The molecule has 1 aromatic carbocycles. The summed E-state index contributed by atoms with van der Waals surface area (Å²) in [5.41, 5.74) is 1.82. The van der Waals surface area contributed by atoms with E-state index in [-0.39, 0.29) is 35.0 Å². The molecule has 1 saturated heterocycles. The summed E-state index contributed by atoms with van der Waals surface area (Å²) in [6, 6.07) is 7.63. The van der Waals surface area contributed by atoms with Crippen LogP contribution in [0.5, 0.6) is 5.88 Å². The minimum absolute atomic E-state index is 0.0412. The zero-order chi connectivity index (χ0) is 29.6. The molecule has 1 aromatic heterocycles. The van der Waals surface area contributed by atoms with Crippen molar-refractivity contribution in [2.75, 3.05) is 31.1 Å². The van der Waals surface area contributed by atoms with Crippen molar-refractivity contribution in [2.24, 2.45) is 10.9 Å². The van der Waals surface area contributed by atoms with Crippen LogP contribution in [0.1, 0.15) is 80.3 Å². The second-order valence-electron chi connectivity index (χ2n) is 11.8. The number of nitrogens with zero attached hydrogens (tertiary/aromatic N) is 5. The molecule has 9 nitrogen and oxygen atoms in total. The summed E-state index contributed by atoms with van der Waals surface area (Å²) in [4.78, 5) is 39.3. The quantitative estimate of drug-likeness (QED) is 0.489. The second kappa shape index (κ2) is 13.4. The first kappa shape index (κ1) is 29.6. The number of aliphatic imine (C=N–C) groups is 1. The van der Waals surface area contributed by atoms with Gasteiger partial charge >= 0.3 is 0 Å². The minimum atomic E-state index is -0.747. The lowest BCUT2D eigenvalue weighted by molar-refractivity contribution is -0.126. The number of amides is 2. The molecule has 222 valence electrons. The molecule has 1 aliphatic carbocycles. The van der Waals surface area contributed by atoms with Crippen molar-refractivity contribution in [3.05, 3.63) is 53.0 Å². The number of fused-ring (bicyclic) bond motifs is 1. The molecule has 42 heavy (non-hydrogen) atoms. The molecule has 3 aliphatic rings. The lowest BCUT2D eigenvalue weighted by Gasteiger charge is -2.36. The van der Waals surface area contributed by atoms with Gasteiger partial charge in [0, 0.05) is 54.4 Å². The number of halogens is 1. The van der Waals surface area contributed by atoms with Gasteiger partial charge in [0.25, 0.3) is 5.91 Å². The van der Waals surface area contributed by atoms with Crippen LogP contribution < -0.4 is 15.0 Å². The Morgan fingerprint density at radius 1 is 1.17 bits per heavy atom. The van der Waals surface area contributed by atoms with Crippen molar-refractivity contribution in [3.8, 4) is 11.9 Å². The fraction of sp³-hybridized carbons (Fsp3) is 0.531. The van der Waals surface area contributed by atoms with Gasteiger partial charge in [-0.1, -0.05) is 6.42 Å². The Bertz CT molecular complexity index is 1370. The monoisotopic (exact) mass is 574 g/mol. The number of benzene rings is 1. The SMILES string of the molecule is CC(C)NC(=O)C1CCC(N2C(=NC(=O)c3ccc(C#N)c(F)c3)Cc3cnc(OCCN4CCCCC4)cc32)CC1. The molecule has 2 aromatic rings. The highest BCUT2D eigenvalue weighted by atomic mass is 19.1. The number of ether oxygens (including phenoxy) is 1. The molecule has 2 amide bonds. The smallest absolute Gasteiger partial charge is 0.278 e. The highest BCUT2D eigenvalue weighted by Crippen LogP contribution is 2.38. The van der Waals surface area contributed by atoms with Gasteiger partial charge in [-0.15, -0.1) is 0 Å². The van der Waals surface area contributed by atoms with Gasteiger partial charge in [0.2, 0.25) is 11.8 Å². The number of nitriles is 1. The number of amidine groups is 1. The number of piperidine rings is 1. The number of hydrogen-bond acceptors (Lipinski definition) is 6. The molecule has 5 rings (SSSR count). The van der Waals surface area contributed by atoms with Gasteiger partial charge in [0.1, 0.15) is 24.3 Å². The number of nitrogens with one attached hydrogen (secondary N) is 1. The average molecular weight is 575 g/mol. The molecule has 2 fully saturated rings. The summed E-state index contributed by atoms with van der Waals surface area (Å²) in [5.74, 6) is -0.165. The van der Waals surface area contributed by atoms with Crippen LogP contribution in [0.4, 0.5) is 10.1 Å². The van der Waals surface area contributed by atoms with E-state index >= 15 is 0 Å². The molecule has 10 heteroatoms. The van der Waals surface area contributed by atoms with Crippen LogP contribution in [-0.4, -0.2) is 65.9 Å². The predicted octanol–water partition coefficient (Wildman–Crippen LogP) is 4.64. The fourth-order valence-electron chi connectivity index (χ4n) is 6.17. The molecule has 1 saturated carbocycles. The summed E-state index contributed by atoms with van der Waals surface area (Å²) in [7, 11) is 0. The van der Waals surface area contributed by atoms with Gasteiger partial charge in [-0.25, -0.2) is 9.37 Å². The van der Waals surface area contributed by atoms with Gasteiger partial charge in [0.15, 0.2) is 0 Å². The van der Waals surface area contributed by atoms with Crippen molar-refractivity contribution in [2.45, 2.75) is 77.3 Å². The van der Waals surface area contributed by atoms with Crippen LogP contribution in [0.2, 0.25) is 0 Å². The first-order valence-corrected chi connectivity index (χ1v) is 15.1. The zero-order valence-electron chi connectivity index (χ0n) is 24.4. The highest BCUT2D eigenvalue weighted by Gasteiger charge is 2.37.